The lowest BCUT2D eigenvalue weighted by Gasteiger charge is -2.19. The lowest BCUT2D eigenvalue weighted by Crippen LogP contribution is -2.10. The van der Waals surface area contributed by atoms with Gasteiger partial charge >= 0.3 is 0 Å². The third kappa shape index (κ3) is 6.41. The number of aryl methyl sites for hydroxylation is 4. The highest BCUT2D eigenvalue weighted by Crippen LogP contribution is 2.41. The SMILES string of the molecule is Cc1cc(C)cc(-c2ccc3c(c2)c2cc(C(C)(C)C)ccc2n3-c2ccc3cc(-n4c5ccc(-c6cc(C)cc(C)c6)cc5c5cc(C(C)(C)C)ccc54)ccc3c2)c1. The molecule has 2 aromatic heterocycles. The van der Waals surface area contributed by atoms with Crippen molar-refractivity contribution in [2.45, 2.75) is 80.1 Å². The van der Waals surface area contributed by atoms with Crippen molar-refractivity contribution >= 4 is 54.4 Å². The van der Waals surface area contributed by atoms with Crippen LogP contribution in [-0.2, 0) is 10.8 Å². The standard InChI is InChI=1S/C58H54N2/c1-35-23-36(2)26-43(25-35)41-13-19-53-49(31-41)51-33-45(57(5,6)7)15-21-55(51)59(53)47-17-11-40-30-48(18-12-39(40)29-47)60-54-20-14-42(44-27-37(3)24-38(4)28-44)32-50(54)52-34-46(58(8,9)10)16-22-56(52)60/h11-34H,1-10H3. The summed E-state index contributed by atoms with van der Waals surface area (Å²) in [5, 5.41) is 7.59. The van der Waals surface area contributed by atoms with Crippen LogP contribution in [0.25, 0.3) is 88.0 Å². The van der Waals surface area contributed by atoms with Crippen LogP contribution < -0.4 is 0 Å². The molecule has 0 aliphatic heterocycles. The second-order valence-electron chi connectivity index (χ2n) is 19.6. The van der Waals surface area contributed by atoms with E-state index in [2.05, 4.69) is 224 Å². The summed E-state index contributed by atoms with van der Waals surface area (Å²) in [5.41, 5.74) is 20.2. The van der Waals surface area contributed by atoms with Crippen molar-refractivity contribution in [2.24, 2.45) is 0 Å². The first-order valence-electron chi connectivity index (χ1n) is 21.5. The average Bonchev–Trinajstić information content (AvgIpc) is 3.70. The Balaban J connectivity index is 1.13. The van der Waals surface area contributed by atoms with Crippen molar-refractivity contribution in [3.05, 3.63) is 179 Å². The molecule has 2 nitrogen and oxygen atoms in total. The first kappa shape index (κ1) is 37.9. The molecule has 0 spiro atoms. The van der Waals surface area contributed by atoms with Crippen LogP contribution in [0.1, 0.15) is 74.9 Å². The fourth-order valence-electron chi connectivity index (χ4n) is 9.68. The summed E-state index contributed by atoms with van der Waals surface area (Å²) >= 11 is 0. The topological polar surface area (TPSA) is 9.86 Å². The molecule has 2 heteroatoms. The third-order valence-corrected chi connectivity index (χ3v) is 12.7. The maximum Gasteiger partial charge on any atom is 0.0541 e. The van der Waals surface area contributed by atoms with Gasteiger partial charge < -0.3 is 9.13 Å². The minimum Gasteiger partial charge on any atom is -0.309 e. The van der Waals surface area contributed by atoms with Gasteiger partial charge in [0, 0.05) is 32.9 Å². The largest absolute Gasteiger partial charge is 0.309 e. The predicted molar refractivity (Wildman–Crippen MR) is 260 cm³/mol. The van der Waals surface area contributed by atoms with Crippen molar-refractivity contribution in [3.8, 4) is 33.6 Å². The summed E-state index contributed by atoms with van der Waals surface area (Å²) in [6.45, 7) is 22.6. The number of nitrogens with zero attached hydrogens (tertiary/aromatic N) is 2. The van der Waals surface area contributed by atoms with Gasteiger partial charge in [-0.05, 0) is 155 Å². The normalized spacial score (nSPS) is 12.5. The van der Waals surface area contributed by atoms with Gasteiger partial charge in [-0.3, -0.25) is 0 Å². The molecule has 2 heterocycles. The van der Waals surface area contributed by atoms with E-state index in [1.54, 1.807) is 0 Å². The highest BCUT2D eigenvalue weighted by Gasteiger charge is 2.21. The molecule has 8 aromatic carbocycles. The number of rotatable bonds is 4. The van der Waals surface area contributed by atoms with E-state index in [0.29, 0.717) is 0 Å². The molecule has 0 radical (unpaired) electrons. The van der Waals surface area contributed by atoms with Gasteiger partial charge in [-0.2, -0.15) is 0 Å². The second kappa shape index (κ2) is 13.6. The lowest BCUT2D eigenvalue weighted by atomic mass is 9.86. The molecule has 0 aliphatic carbocycles. The molecule has 0 saturated heterocycles. The van der Waals surface area contributed by atoms with E-state index in [1.807, 2.05) is 0 Å². The molecule has 0 atom stereocenters. The summed E-state index contributed by atoms with van der Waals surface area (Å²) < 4.78 is 4.92. The van der Waals surface area contributed by atoms with Gasteiger partial charge in [0.1, 0.15) is 0 Å². The zero-order chi connectivity index (χ0) is 41.8. The van der Waals surface area contributed by atoms with Gasteiger partial charge in [-0.15, -0.1) is 0 Å². The quantitative estimate of drug-likeness (QED) is 0.168. The second-order valence-corrected chi connectivity index (χ2v) is 19.6. The molecule has 0 unspecified atom stereocenters. The average molecular weight is 779 g/mol. The van der Waals surface area contributed by atoms with E-state index in [1.165, 1.54) is 121 Å². The van der Waals surface area contributed by atoms with Crippen molar-refractivity contribution < 1.29 is 0 Å². The molecule has 0 saturated carbocycles. The van der Waals surface area contributed by atoms with E-state index in [-0.39, 0.29) is 10.8 Å². The van der Waals surface area contributed by atoms with Crippen LogP contribution in [-0.4, -0.2) is 9.13 Å². The van der Waals surface area contributed by atoms with Crippen LogP contribution in [0.3, 0.4) is 0 Å². The van der Waals surface area contributed by atoms with E-state index >= 15 is 0 Å². The van der Waals surface area contributed by atoms with Crippen molar-refractivity contribution in [1.82, 2.24) is 9.13 Å². The first-order chi connectivity index (χ1) is 28.6. The van der Waals surface area contributed by atoms with Gasteiger partial charge in [0.25, 0.3) is 0 Å². The molecular weight excluding hydrogens is 725 g/mol. The highest BCUT2D eigenvalue weighted by atomic mass is 15.0. The molecule has 0 bridgehead atoms. The monoisotopic (exact) mass is 778 g/mol. The van der Waals surface area contributed by atoms with Crippen molar-refractivity contribution in [1.29, 1.82) is 0 Å². The smallest absolute Gasteiger partial charge is 0.0541 e. The molecule has 10 aromatic rings. The maximum absolute atomic E-state index is 2.46. The Morgan fingerprint density at radius 3 is 0.983 bits per heavy atom. The first-order valence-corrected chi connectivity index (χ1v) is 21.5. The van der Waals surface area contributed by atoms with Crippen LogP contribution in [0.2, 0.25) is 0 Å². The number of hydrogen-bond donors (Lipinski definition) is 0. The van der Waals surface area contributed by atoms with Crippen LogP contribution in [0.4, 0.5) is 0 Å². The Bertz CT molecular complexity index is 3100. The molecule has 0 N–H and O–H groups in total. The fraction of sp³-hybridized carbons (Fsp3) is 0.207. The molecular formula is C58H54N2. The lowest BCUT2D eigenvalue weighted by molar-refractivity contribution is 0.591. The van der Waals surface area contributed by atoms with Crippen LogP contribution in [0, 0.1) is 27.7 Å². The Hall–Kier alpha value is -6.38. The van der Waals surface area contributed by atoms with Gasteiger partial charge in [0.2, 0.25) is 0 Å². The number of aromatic nitrogens is 2. The zero-order valence-electron chi connectivity index (χ0n) is 36.8. The fourth-order valence-corrected chi connectivity index (χ4v) is 9.68. The maximum atomic E-state index is 2.46. The molecule has 60 heavy (non-hydrogen) atoms. The number of hydrogen-bond acceptors (Lipinski definition) is 0. The van der Waals surface area contributed by atoms with E-state index in [0.717, 1.165) is 0 Å². The van der Waals surface area contributed by atoms with E-state index in [4.69, 9.17) is 0 Å². The highest BCUT2D eigenvalue weighted by molar-refractivity contribution is 6.12. The third-order valence-electron chi connectivity index (χ3n) is 12.7. The Labute approximate surface area is 354 Å². The van der Waals surface area contributed by atoms with Gasteiger partial charge in [0.15, 0.2) is 0 Å². The van der Waals surface area contributed by atoms with Crippen molar-refractivity contribution in [3.63, 3.8) is 0 Å². The Morgan fingerprint density at radius 1 is 0.300 bits per heavy atom. The predicted octanol–water partition coefficient (Wildman–Crippen LogP) is 16.2. The number of fused-ring (bicyclic) bond motifs is 7. The molecule has 0 fully saturated rings. The molecule has 0 amide bonds. The van der Waals surface area contributed by atoms with Crippen molar-refractivity contribution in [2.75, 3.05) is 0 Å². The van der Waals surface area contributed by atoms with Gasteiger partial charge in [0.05, 0.1) is 22.1 Å². The summed E-state index contributed by atoms with van der Waals surface area (Å²) in [4.78, 5) is 0. The minimum absolute atomic E-state index is 0.0439. The summed E-state index contributed by atoms with van der Waals surface area (Å²) in [6.07, 6.45) is 0. The zero-order valence-corrected chi connectivity index (χ0v) is 36.8. The van der Waals surface area contributed by atoms with Crippen LogP contribution in [0.15, 0.2) is 146 Å². The van der Waals surface area contributed by atoms with Crippen LogP contribution >= 0.6 is 0 Å². The summed E-state index contributed by atoms with van der Waals surface area (Å²) in [5.74, 6) is 0. The molecule has 10 rings (SSSR count). The number of benzene rings is 8. The van der Waals surface area contributed by atoms with Crippen LogP contribution in [0.5, 0.6) is 0 Å². The Morgan fingerprint density at radius 2 is 0.633 bits per heavy atom. The summed E-state index contributed by atoms with van der Waals surface area (Å²) in [6, 6.07) is 55.9. The van der Waals surface area contributed by atoms with E-state index in [9.17, 15) is 0 Å². The molecule has 0 aliphatic rings. The Kier molecular flexibility index (Phi) is 8.57. The summed E-state index contributed by atoms with van der Waals surface area (Å²) in [7, 11) is 0. The van der Waals surface area contributed by atoms with E-state index < -0.39 is 0 Å². The van der Waals surface area contributed by atoms with Gasteiger partial charge in [-0.25, -0.2) is 0 Å². The molecule has 296 valence electrons. The van der Waals surface area contributed by atoms with Gasteiger partial charge in [-0.1, -0.05) is 137 Å². The minimum atomic E-state index is 0.0439.